The Balaban J connectivity index is 2.52. The molecule has 0 aliphatic heterocycles. The molecule has 2 rings (SSSR count). The lowest BCUT2D eigenvalue weighted by Crippen LogP contribution is -2.24. The van der Waals surface area contributed by atoms with E-state index >= 15 is 0 Å². The van der Waals surface area contributed by atoms with Crippen LogP contribution in [0, 0.1) is 3.57 Å². The van der Waals surface area contributed by atoms with Crippen molar-refractivity contribution < 1.29 is 0 Å². The number of hydrogen-bond donors (Lipinski definition) is 1. The summed E-state index contributed by atoms with van der Waals surface area (Å²) in [6.07, 6.45) is 1.03. The maximum atomic E-state index is 6.38. The minimum Gasteiger partial charge on any atom is -0.306 e. The van der Waals surface area contributed by atoms with Gasteiger partial charge in [0.2, 0.25) is 0 Å². The van der Waals surface area contributed by atoms with Crippen molar-refractivity contribution in [2.75, 3.05) is 6.54 Å². The van der Waals surface area contributed by atoms with Gasteiger partial charge in [0.05, 0.1) is 6.04 Å². The number of halogens is 4. The molecule has 1 N–H and O–H groups in total. The molecule has 0 radical (unpaired) electrons. The highest BCUT2D eigenvalue weighted by atomic mass is 127. The fourth-order valence-corrected chi connectivity index (χ4v) is 3.38. The van der Waals surface area contributed by atoms with E-state index in [1.54, 1.807) is 6.07 Å². The maximum absolute atomic E-state index is 6.38. The fraction of sp³-hybridized carbons (Fsp3) is 0.250. The Morgan fingerprint density at radius 3 is 2.29 bits per heavy atom. The Morgan fingerprint density at radius 1 is 1.00 bits per heavy atom. The van der Waals surface area contributed by atoms with Crippen LogP contribution in [0.15, 0.2) is 36.4 Å². The highest BCUT2D eigenvalue weighted by Gasteiger charge is 2.19. The molecule has 0 aliphatic rings. The standard InChI is InChI=1S/C16H15Cl3IN/c1-2-7-21-16(12-8-10(17)3-5-14(12)19)13-9-11(18)4-6-15(13)20/h3-6,8-9,16,21H,2,7H2,1H3. The van der Waals surface area contributed by atoms with Crippen molar-refractivity contribution in [3.05, 3.63) is 66.2 Å². The molecule has 0 saturated heterocycles. The normalized spacial score (nSPS) is 12.4. The number of nitrogens with one attached hydrogen (secondary N) is 1. The van der Waals surface area contributed by atoms with Crippen LogP contribution in [0.1, 0.15) is 30.5 Å². The zero-order valence-corrected chi connectivity index (χ0v) is 15.9. The SMILES string of the molecule is CCCNC(c1cc(Cl)ccc1Cl)c1cc(Cl)ccc1I. The van der Waals surface area contributed by atoms with Gasteiger partial charge in [0, 0.05) is 18.6 Å². The Morgan fingerprint density at radius 2 is 1.62 bits per heavy atom. The molecule has 2 aromatic carbocycles. The van der Waals surface area contributed by atoms with Gasteiger partial charge in [-0.3, -0.25) is 0 Å². The Kier molecular flexibility index (Phi) is 6.63. The lowest BCUT2D eigenvalue weighted by Gasteiger charge is -2.22. The van der Waals surface area contributed by atoms with Gasteiger partial charge in [0.25, 0.3) is 0 Å². The third-order valence-corrected chi connectivity index (χ3v) is 4.93. The lowest BCUT2D eigenvalue weighted by atomic mass is 9.98. The summed E-state index contributed by atoms with van der Waals surface area (Å²) in [5, 5.41) is 5.62. The first-order valence-electron chi connectivity index (χ1n) is 6.66. The van der Waals surface area contributed by atoms with Crippen molar-refractivity contribution in [2.45, 2.75) is 19.4 Å². The molecule has 0 spiro atoms. The largest absolute Gasteiger partial charge is 0.306 e. The van der Waals surface area contributed by atoms with E-state index in [1.165, 1.54) is 0 Å². The molecule has 1 nitrogen and oxygen atoms in total. The van der Waals surface area contributed by atoms with Crippen LogP contribution in [0.3, 0.4) is 0 Å². The summed E-state index contributed by atoms with van der Waals surface area (Å²) < 4.78 is 1.14. The van der Waals surface area contributed by atoms with Gasteiger partial charge in [-0.2, -0.15) is 0 Å². The van der Waals surface area contributed by atoms with Crippen LogP contribution in [0.4, 0.5) is 0 Å². The summed E-state index contributed by atoms with van der Waals surface area (Å²) in [6, 6.07) is 11.4. The molecule has 0 bridgehead atoms. The van der Waals surface area contributed by atoms with Gasteiger partial charge in [-0.25, -0.2) is 0 Å². The second-order valence-corrected chi connectivity index (χ2v) is 7.16. The van der Waals surface area contributed by atoms with Crippen LogP contribution in [0.25, 0.3) is 0 Å². The van der Waals surface area contributed by atoms with Gasteiger partial charge >= 0.3 is 0 Å². The second kappa shape index (κ2) is 8.02. The monoisotopic (exact) mass is 453 g/mol. The maximum Gasteiger partial charge on any atom is 0.0602 e. The van der Waals surface area contributed by atoms with Crippen molar-refractivity contribution >= 4 is 57.4 Å². The molecule has 0 saturated carbocycles. The molecule has 0 aromatic heterocycles. The van der Waals surface area contributed by atoms with Crippen LogP contribution >= 0.6 is 57.4 Å². The van der Waals surface area contributed by atoms with E-state index in [0.717, 1.165) is 27.7 Å². The summed E-state index contributed by atoms with van der Waals surface area (Å²) in [6.45, 7) is 3.02. The van der Waals surface area contributed by atoms with Crippen molar-refractivity contribution in [3.8, 4) is 0 Å². The highest BCUT2D eigenvalue weighted by Crippen LogP contribution is 2.34. The van der Waals surface area contributed by atoms with Crippen LogP contribution in [0.2, 0.25) is 15.1 Å². The molecule has 0 fully saturated rings. The third-order valence-electron chi connectivity index (χ3n) is 3.14. The molecule has 0 aliphatic carbocycles. The number of benzene rings is 2. The minimum absolute atomic E-state index is 0.0262. The van der Waals surface area contributed by atoms with E-state index in [2.05, 4.69) is 34.8 Å². The van der Waals surface area contributed by atoms with E-state index in [1.807, 2.05) is 30.3 Å². The van der Waals surface area contributed by atoms with Crippen LogP contribution in [-0.4, -0.2) is 6.54 Å². The van der Waals surface area contributed by atoms with E-state index in [0.29, 0.717) is 15.1 Å². The summed E-state index contributed by atoms with van der Waals surface area (Å²) >= 11 is 21.0. The molecule has 1 atom stereocenters. The predicted molar refractivity (Wildman–Crippen MR) is 101 cm³/mol. The average Bonchev–Trinajstić information content (AvgIpc) is 2.46. The molecule has 5 heteroatoms. The first-order valence-corrected chi connectivity index (χ1v) is 8.87. The van der Waals surface area contributed by atoms with Crippen molar-refractivity contribution in [3.63, 3.8) is 0 Å². The first-order chi connectivity index (χ1) is 10.0. The topological polar surface area (TPSA) is 12.0 Å². The smallest absolute Gasteiger partial charge is 0.0602 e. The zero-order chi connectivity index (χ0) is 15.4. The molecule has 1 unspecified atom stereocenters. The molecule has 0 heterocycles. The predicted octanol–water partition coefficient (Wildman–Crippen LogP) is 6.34. The molecule has 0 amide bonds. The quantitative estimate of drug-likeness (QED) is 0.520. The van der Waals surface area contributed by atoms with Gasteiger partial charge in [-0.1, -0.05) is 41.7 Å². The zero-order valence-electron chi connectivity index (χ0n) is 11.5. The summed E-state index contributed by atoms with van der Waals surface area (Å²) in [4.78, 5) is 0. The third kappa shape index (κ3) is 4.49. The molecular weight excluding hydrogens is 439 g/mol. The molecular formula is C16H15Cl3IN. The summed E-state index contributed by atoms with van der Waals surface area (Å²) in [5.74, 6) is 0. The minimum atomic E-state index is -0.0262. The molecule has 2 aromatic rings. The van der Waals surface area contributed by atoms with Gasteiger partial charge in [0.15, 0.2) is 0 Å². The van der Waals surface area contributed by atoms with E-state index < -0.39 is 0 Å². The highest BCUT2D eigenvalue weighted by molar-refractivity contribution is 14.1. The van der Waals surface area contributed by atoms with Gasteiger partial charge in [-0.15, -0.1) is 0 Å². The van der Waals surface area contributed by atoms with Crippen molar-refractivity contribution in [1.82, 2.24) is 5.32 Å². The number of hydrogen-bond acceptors (Lipinski definition) is 1. The average molecular weight is 455 g/mol. The molecule has 112 valence electrons. The number of rotatable bonds is 5. The van der Waals surface area contributed by atoms with Gasteiger partial charge < -0.3 is 5.32 Å². The lowest BCUT2D eigenvalue weighted by molar-refractivity contribution is 0.597. The van der Waals surface area contributed by atoms with Gasteiger partial charge in [0.1, 0.15) is 0 Å². The van der Waals surface area contributed by atoms with E-state index in [-0.39, 0.29) is 6.04 Å². The van der Waals surface area contributed by atoms with Crippen LogP contribution < -0.4 is 5.32 Å². The summed E-state index contributed by atoms with van der Waals surface area (Å²) in [5.41, 5.74) is 2.08. The Hall–Kier alpha value is -0.000000000000000111. The Labute approximate surface area is 154 Å². The van der Waals surface area contributed by atoms with E-state index in [4.69, 9.17) is 34.8 Å². The first kappa shape index (κ1) is 17.4. The van der Waals surface area contributed by atoms with Crippen LogP contribution in [0.5, 0.6) is 0 Å². The fourth-order valence-electron chi connectivity index (χ4n) is 2.15. The second-order valence-electron chi connectivity index (χ2n) is 4.72. The van der Waals surface area contributed by atoms with Crippen molar-refractivity contribution in [1.29, 1.82) is 0 Å². The van der Waals surface area contributed by atoms with Crippen molar-refractivity contribution in [2.24, 2.45) is 0 Å². The Bertz CT molecular complexity index is 579. The van der Waals surface area contributed by atoms with Crippen LogP contribution in [-0.2, 0) is 0 Å². The summed E-state index contributed by atoms with van der Waals surface area (Å²) in [7, 11) is 0. The van der Waals surface area contributed by atoms with E-state index in [9.17, 15) is 0 Å². The molecule has 21 heavy (non-hydrogen) atoms. The van der Waals surface area contributed by atoms with Gasteiger partial charge in [-0.05, 0) is 83.1 Å².